The van der Waals surface area contributed by atoms with Crippen molar-refractivity contribution in [1.29, 1.82) is 0 Å². The van der Waals surface area contributed by atoms with E-state index in [1.165, 1.54) is 0 Å². The second-order valence-electron chi connectivity index (χ2n) is 4.94. The van der Waals surface area contributed by atoms with Crippen LogP contribution >= 0.6 is 0 Å². The Morgan fingerprint density at radius 2 is 1.38 bits per heavy atom. The number of rotatable bonds is 2. The van der Waals surface area contributed by atoms with Gasteiger partial charge in [-0.1, -0.05) is 5.16 Å². The summed E-state index contributed by atoms with van der Waals surface area (Å²) in [7, 11) is 0. The van der Waals surface area contributed by atoms with E-state index < -0.39 is 23.5 Å². The van der Waals surface area contributed by atoms with E-state index in [0.717, 1.165) is 42.5 Å². The second-order valence-corrected chi connectivity index (χ2v) is 4.94. The predicted octanol–water partition coefficient (Wildman–Crippen LogP) is 5.61. The van der Waals surface area contributed by atoms with Crippen LogP contribution in [0.3, 0.4) is 0 Å². The van der Waals surface area contributed by atoms with Crippen molar-refractivity contribution < 1.29 is 30.9 Å². The van der Waals surface area contributed by atoms with Gasteiger partial charge in [0, 0.05) is 5.69 Å². The first-order valence-corrected chi connectivity index (χ1v) is 6.55. The first-order chi connectivity index (χ1) is 11.1. The molecular formula is C15H8F6N2O. The van der Waals surface area contributed by atoms with Gasteiger partial charge in [-0.2, -0.15) is 26.3 Å². The molecule has 0 saturated heterocycles. The third kappa shape index (κ3) is 3.15. The van der Waals surface area contributed by atoms with Gasteiger partial charge in [0.2, 0.25) is 0 Å². The molecule has 126 valence electrons. The van der Waals surface area contributed by atoms with Crippen molar-refractivity contribution in [1.82, 2.24) is 5.16 Å². The first kappa shape index (κ1) is 16.2. The maximum Gasteiger partial charge on any atom is 0.416 e. The van der Waals surface area contributed by atoms with Gasteiger partial charge in [0.05, 0.1) is 16.5 Å². The largest absolute Gasteiger partial charge is 0.416 e. The predicted molar refractivity (Wildman–Crippen MR) is 73.7 cm³/mol. The number of aromatic nitrogens is 1. The Hall–Kier alpha value is -2.71. The molecule has 0 unspecified atom stereocenters. The normalized spacial score (nSPS) is 12.6. The number of nitrogens with zero attached hydrogens (tertiary/aromatic N) is 1. The van der Waals surface area contributed by atoms with Crippen molar-refractivity contribution in [3.63, 3.8) is 0 Å². The summed E-state index contributed by atoms with van der Waals surface area (Å²) in [6.45, 7) is 0. The summed E-state index contributed by atoms with van der Waals surface area (Å²) in [5.41, 5.74) is -1.36. The van der Waals surface area contributed by atoms with E-state index in [-0.39, 0.29) is 22.5 Å². The van der Waals surface area contributed by atoms with Gasteiger partial charge in [0.15, 0.2) is 11.4 Å². The number of hydrogen-bond donors (Lipinski definition) is 1. The highest BCUT2D eigenvalue weighted by atomic mass is 19.4. The Labute approximate surface area is 130 Å². The second kappa shape index (κ2) is 5.43. The quantitative estimate of drug-likeness (QED) is 0.613. The highest BCUT2D eigenvalue weighted by Crippen LogP contribution is 2.35. The molecule has 0 radical (unpaired) electrons. The fraction of sp³-hybridized carbons (Fsp3) is 0.133. The number of halogens is 6. The molecule has 0 atom stereocenters. The van der Waals surface area contributed by atoms with Crippen LogP contribution in [-0.2, 0) is 12.4 Å². The van der Waals surface area contributed by atoms with Crippen LogP contribution in [0, 0.1) is 0 Å². The molecule has 0 fully saturated rings. The van der Waals surface area contributed by atoms with Gasteiger partial charge in [-0.25, -0.2) is 0 Å². The number of benzene rings is 2. The standard InChI is InChI=1S/C15H8F6N2O/c16-14(17,18)8-1-4-10(5-2-8)22-13-11-7-9(15(19,20)21)3-6-12(11)24-23-13/h1-7H,(H,22,23). The number of fused-ring (bicyclic) bond motifs is 1. The van der Waals surface area contributed by atoms with Crippen LogP contribution in [-0.4, -0.2) is 5.16 Å². The zero-order valence-corrected chi connectivity index (χ0v) is 11.7. The van der Waals surface area contributed by atoms with Crippen LogP contribution in [0.4, 0.5) is 37.8 Å². The monoisotopic (exact) mass is 346 g/mol. The highest BCUT2D eigenvalue weighted by Gasteiger charge is 2.31. The summed E-state index contributed by atoms with van der Waals surface area (Å²) >= 11 is 0. The smallest absolute Gasteiger partial charge is 0.354 e. The van der Waals surface area contributed by atoms with E-state index in [1.807, 2.05) is 0 Å². The van der Waals surface area contributed by atoms with Gasteiger partial charge < -0.3 is 9.84 Å². The van der Waals surface area contributed by atoms with Crippen LogP contribution in [0.25, 0.3) is 11.0 Å². The van der Waals surface area contributed by atoms with Crippen LogP contribution in [0.5, 0.6) is 0 Å². The van der Waals surface area contributed by atoms with E-state index in [9.17, 15) is 26.3 Å². The fourth-order valence-corrected chi connectivity index (χ4v) is 2.08. The van der Waals surface area contributed by atoms with Crippen molar-refractivity contribution in [2.24, 2.45) is 0 Å². The number of alkyl halides is 6. The molecule has 9 heteroatoms. The average Bonchev–Trinajstić information content (AvgIpc) is 2.88. The summed E-state index contributed by atoms with van der Waals surface area (Å²) in [6.07, 6.45) is -9.00. The Bertz CT molecular complexity index is 864. The first-order valence-electron chi connectivity index (χ1n) is 6.55. The molecule has 3 nitrogen and oxygen atoms in total. The van der Waals surface area contributed by atoms with Gasteiger partial charge in [0.25, 0.3) is 0 Å². The van der Waals surface area contributed by atoms with Crippen molar-refractivity contribution in [2.75, 3.05) is 5.32 Å². The summed E-state index contributed by atoms with van der Waals surface area (Å²) < 4.78 is 80.7. The maximum atomic E-state index is 12.8. The van der Waals surface area contributed by atoms with E-state index in [4.69, 9.17) is 4.52 Å². The van der Waals surface area contributed by atoms with Gasteiger partial charge in [-0.05, 0) is 42.5 Å². The topological polar surface area (TPSA) is 38.1 Å². The minimum absolute atomic E-state index is 0.0177. The van der Waals surface area contributed by atoms with E-state index in [0.29, 0.717) is 0 Å². The molecule has 3 aromatic rings. The lowest BCUT2D eigenvalue weighted by molar-refractivity contribution is -0.138. The molecule has 0 spiro atoms. The molecule has 0 saturated carbocycles. The van der Waals surface area contributed by atoms with E-state index in [1.54, 1.807) is 0 Å². The Balaban J connectivity index is 1.92. The summed E-state index contributed by atoms with van der Waals surface area (Å²) in [5.74, 6) is -0.0177. The fourth-order valence-electron chi connectivity index (χ4n) is 2.08. The summed E-state index contributed by atoms with van der Waals surface area (Å²) in [6, 6.07) is 6.85. The minimum Gasteiger partial charge on any atom is -0.354 e. The van der Waals surface area contributed by atoms with E-state index >= 15 is 0 Å². The SMILES string of the molecule is FC(F)(F)c1ccc(Nc2noc3ccc(C(F)(F)F)cc23)cc1. The van der Waals surface area contributed by atoms with Crippen LogP contribution < -0.4 is 5.32 Å². The van der Waals surface area contributed by atoms with Crippen LogP contribution in [0.2, 0.25) is 0 Å². The lowest BCUT2D eigenvalue weighted by atomic mass is 10.1. The molecule has 3 rings (SSSR count). The summed E-state index contributed by atoms with van der Waals surface area (Å²) in [4.78, 5) is 0. The molecule has 1 N–H and O–H groups in total. The van der Waals surface area contributed by atoms with Crippen molar-refractivity contribution in [2.45, 2.75) is 12.4 Å². The van der Waals surface area contributed by atoms with Crippen LogP contribution in [0.15, 0.2) is 47.0 Å². The van der Waals surface area contributed by atoms with Crippen molar-refractivity contribution in [3.05, 3.63) is 53.6 Å². The summed E-state index contributed by atoms with van der Waals surface area (Å²) in [5, 5.41) is 6.33. The third-order valence-corrected chi connectivity index (χ3v) is 3.27. The van der Waals surface area contributed by atoms with Gasteiger partial charge in [-0.3, -0.25) is 0 Å². The molecule has 0 bridgehead atoms. The molecule has 1 heterocycles. The molecular weight excluding hydrogens is 338 g/mol. The zero-order valence-electron chi connectivity index (χ0n) is 11.7. The van der Waals surface area contributed by atoms with Crippen molar-refractivity contribution >= 4 is 22.5 Å². The van der Waals surface area contributed by atoms with Crippen LogP contribution in [0.1, 0.15) is 11.1 Å². The minimum atomic E-state index is -4.53. The zero-order chi connectivity index (χ0) is 17.5. The van der Waals surface area contributed by atoms with Crippen molar-refractivity contribution in [3.8, 4) is 0 Å². The number of anilines is 2. The highest BCUT2D eigenvalue weighted by molar-refractivity contribution is 5.90. The molecule has 24 heavy (non-hydrogen) atoms. The maximum absolute atomic E-state index is 12.8. The van der Waals surface area contributed by atoms with E-state index in [2.05, 4.69) is 10.5 Å². The molecule has 0 aliphatic heterocycles. The molecule has 2 aromatic carbocycles. The number of nitrogens with one attached hydrogen (secondary N) is 1. The lowest BCUT2D eigenvalue weighted by Gasteiger charge is -2.08. The Kier molecular flexibility index (Phi) is 3.66. The molecule has 0 aliphatic carbocycles. The van der Waals surface area contributed by atoms with Gasteiger partial charge in [-0.15, -0.1) is 0 Å². The average molecular weight is 346 g/mol. The number of hydrogen-bond acceptors (Lipinski definition) is 3. The molecule has 1 aromatic heterocycles. The lowest BCUT2D eigenvalue weighted by Crippen LogP contribution is -2.05. The Morgan fingerprint density at radius 1 is 0.792 bits per heavy atom. The molecule has 0 aliphatic rings. The van der Waals surface area contributed by atoms with Gasteiger partial charge in [0.1, 0.15) is 0 Å². The third-order valence-electron chi connectivity index (χ3n) is 3.27. The molecule has 0 amide bonds. The Morgan fingerprint density at radius 3 is 1.96 bits per heavy atom. The van der Waals surface area contributed by atoms with Gasteiger partial charge >= 0.3 is 12.4 Å².